The number of hydrogen-bond acceptors (Lipinski definition) is 3. The zero-order valence-electron chi connectivity index (χ0n) is 7.58. The van der Waals surface area contributed by atoms with Crippen LogP contribution in [-0.2, 0) is 9.63 Å². The molecule has 0 amide bonds. The molecule has 13 heavy (non-hydrogen) atoms. The minimum absolute atomic E-state index is 0.165. The molecule has 1 atom stereocenters. The second kappa shape index (κ2) is 3.27. The lowest BCUT2D eigenvalue weighted by Gasteiger charge is -2.30. The summed E-state index contributed by atoms with van der Waals surface area (Å²) in [6.07, 6.45) is 6.21. The lowest BCUT2D eigenvalue weighted by Crippen LogP contribution is -2.31. The van der Waals surface area contributed by atoms with Gasteiger partial charge >= 0.3 is 5.97 Å². The van der Waals surface area contributed by atoms with E-state index in [-0.39, 0.29) is 5.60 Å². The van der Waals surface area contributed by atoms with Gasteiger partial charge in [0.15, 0.2) is 0 Å². The van der Waals surface area contributed by atoms with Crippen LogP contribution in [-0.4, -0.2) is 22.7 Å². The van der Waals surface area contributed by atoms with Crippen molar-refractivity contribution in [2.45, 2.75) is 50.2 Å². The van der Waals surface area contributed by atoms with Crippen LogP contribution in [0.4, 0.5) is 0 Å². The Balaban J connectivity index is 1.98. The normalized spacial score (nSPS) is 32.2. The van der Waals surface area contributed by atoms with E-state index in [1.807, 2.05) is 0 Å². The van der Waals surface area contributed by atoms with Gasteiger partial charge in [0.25, 0.3) is 0 Å². The van der Waals surface area contributed by atoms with Crippen LogP contribution in [0.3, 0.4) is 0 Å². The predicted molar refractivity (Wildman–Crippen MR) is 46.1 cm³/mol. The maximum atomic E-state index is 10.7. The van der Waals surface area contributed by atoms with Crippen LogP contribution in [0.15, 0.2) is 0 Å². The molecule has 1 heterocycles. The summed E-state index contributed by atoms with van der Waals surface area (Å²) in [6, 6.07) is -0.502. The van der Waals surface area contributed by atoms with Gasteiger partial charge in [-0.05, 0) is 12.8 Å². The van der Waals surface area contributed by atoms with Crippen molar-refractivity contribution in [3.05, 3.63) is 0 Å². The minimum atomic E-state index is -0.803. The topological polar surface area (TPSA) is 58.6 Å². The third-order valence-corrected chi connectivity index (χ3v) is 3.06. The second-order valence-corrected chi connectivity index (χ2v) is 4.06. The summed E-state index contributed by atoms with van der Waals surface area (Å²) in [5.41, 5.74) is 2.45. The number of aliphatic carboxylic acids is 1. The zero-order valence-corrected chi connectivity index (χ0v) is 7.58. The first kappa shape index (κ1) is 8.97. The molecule has 1 unspecified atom stereocenters. The second-order valence-electron chi connectivity index (χ2n) is 4.06. The van der Waals surface area contributed by atoms with Crippen LogP contribution in [0.25, 0.3) is 0 Å². The summed E-state index contributed by atoms with van der Waals surface area (Å²) < 4.78 is 0. The number of hydroxylamine groups is 1. The Morgan fingerprint density at radius 2 is 2.08 bits per heavy atom. The molecular weight excluding hydrogens is 170 g/mol. The molecule has 1 saturated carbocycles. The van der Waals surface area contributed by atoms with Crippen molar-refractivity contribution in [3.63, 3.8) is 0 Å². The van der Waals surface area contributed by atoms with Crippen LogP contribution in [0, 0.1) is 0 Å². The van der Waals surface area contributed by atoms with Gasteiger partial charge in [0, 0.05) is 6.42 Å². The van der Waals surface area contributed by atoms with E-state index >= 15 is 0 Å². The molecule has 0 aromatic heterocycles. The standard InChI is InChI=1S/C9H15NO3/c11-8(12)7-6-9(13-10-7)4-2-1-3-5-9/h7,10H,1-6H2,(H,11,12). The van der Waals surface area contributed by atoms with Gasteiger partial charge in [0.1, 0.15) is 6.04 Å². The number of carbonyl (C=O) groups is 1. The molecule has 2 rings (SSSR count). The molecule has 2 aliphatic rings. The molecule has 0 radical (unpaired) electrons. The summed E-state index contributed by atoms with van der Waals surface area (Å²) >= 11 is 0. The summed E-state index contributed by atoms with van der Waals surface area (Å²) in [7, 11) is 0. The number of carboxylic acid groups (broad SMARTS) is 1. The van der Waals surface area contributed by atoms with Crippen LogP contribution >= 0.6 is 0 Å². The summed E-state index contributed by atoms with van der Waals surface area (Å²) in [4.78, 5) is 16.1. The van der Waals surface area contributed by atoms with Crippen LogP contribution in [0.1, 0.15) is 38.5 Å². The van der Waals surface area contributed by atoms with E-state index in [9.17, 15) is 4.79 Å². The Kier molecular flexibility index (Phi) is 2.26. The molecule has 0 aromatic rings. The van der Waals surface area contributed by atoms with Gasteiger partial charge in [0.2, 0.25) is 0 Å². The third-order valence-electron chi connectivity index (χ3n) is 3.06. The van der Waals surface area contributed by atoms with Crippen molar-refractivity contribution in [2.24, 2.45) is 0 Å². The molecule has 1 aliphatic carbocycles. The fourth-order valence-electron chi connectivity index (χ4n) is 2.29. The SMILES string of the molecule is O=C(O)C1CC2(CCCCC2)ON1. The highest BCUT2D eigenvalue weighted by atomic mass is 16.7. The molecule has 4 nitrogen and oxygen atoms in total. The first-order valence-electron chi connectivity index (χ1n) is 4.88. The van der Waals surface area contributed by atoms with Gasteiger partial charge in [-0.25, -0.2) is 0 Å². The lowest BCUT2D eigenvalue weighted by atomic mass is 9.81. The summed E-state index contributed by atoms with van der Waals surface area (Å²) in [6.45, 7) is 0. The fraction of sp³-hybridized carbons (Fsp3) is 0.889. The Bertz CT molecular complexity index is 211. The molecule has 1 aliphatic heterocycles. The fourth-order valence-corrected chi connectivity index (χ4v) is 2.29. The maximum absolute atomic E-state index is 10.7. The highest BCUT2D eigenvalue weighted by Crippen LogP contribution is 2.37. The molecule has 0 aromatic carbocycles. The van der Waals surface area contributed by atoms with E-state index < -0.39 is 12.0 Å². The molecule has 2 N–H and O–H groups in total. The first-order chi connectivity index (χ1) is 6.22. The summed E-state index contributed by atoms with van der Waals surface area (Å²) in [5, 5.41) is 8.78. The number of hydrogen-bond donors (Lipinski definition) is 2. The van der Waals surface area contributed by atoms with Crippen molar-refractivity contribution in [2.75, 3.05) is 0 Å². The molecule has 0 bridgehead atoms. The van der Waals surface area contributed by atoms with Crippen molar-refractivity contribution in [3.8, 4) is 0 Å². The van der Waals surface area contributed by atoms with Crippen LogP contribution in [0.2, 0.25) is 0 Å². The first-order valence-corrected chi connectivity index (χ1v) is 4.88. The zero-order chi connectivity index (χ0) is 9.31. The monoisotopic (exact) mass is 185 g/mol. The van der Waals surface area contributed by atoms with E-state index in [1.165, 1.54) is 6.42 Å². The average molecular weight is 185 g/mol. The van der Waals surface area contributed by atoms with E-state index in [1.54, 1.807) is 0 Å². The largest absolute Gasteiger partial charge is 0.480 e. The van der Waals surface area contributed by atoms with Gasteiger partial charge in [0.05, 0.1) is 5.60 Å². The maximum Gasteiger partial charge on any atom is 0.323 e. The number of rotatable bonds is 1. The molecule has 74 valence electrons. The van der Waals surface area contributed by atoms with E-state index in [4.69, 9.17) is 9.94 Å². The smallest absolute Gasteiger partial charge is 0.323 e. The number of carboxylic acids is 1. The van der Waals surface area contributed by atoms with Crippen molar-refractivity contribution < 1.29 is 14.7 Å². The Hall–Kier alpha value is -0.610. The van der Waals surface area contributed by atoms with E-state index in [0.717, 1.165) is 25.7 Å². The van der Waals surface area contributed by atoms with Gasteiger partial charge in [-0.1, -0.05) is 19.3 Å². The van der Waals surface area contributed by atoms with Gasteiger partial charge < -0.3 is 5.11 Å². The van der Waals surface area contributed by atoms with Crippen molar-refractivity contribution >= 4 is 5.97 Å². The van der Waals surface area contributed by atoms with E-state index in [2.05, 4.69) is 5.48 Å². The molecule has 4 heteroatoms. The quantitative estimate of drug-likeness (QED) is 0.641. The Labute approximate surface area is 77.2 Å². The highest BCUT2D eigenvalue weighted by Gasteiger charge is 2.43. The molecule has 2 fully saturated rings. The van der Waals surface area contributed by atoms with Crippen molar-refractivity contribution in [1.29, 1.82) is 0 Å². The van der Waals surface area contributed by atoms with Crippen LogP contribution in [0.5, 0.6) is 0 Å². The number of nitrogens with one attached hydrogen (secondary N) is 1. The third kappa shape index (κ3) is 1.69. The van der Waals surface area contributed by atoms with Gasteiger partial charge in [-0.15, -0.1) is 0 Å². The minimum Gasteiger partial charge on any atom is -0.480 e. The molecule has 1 saturated heterocycles. The molecule has 1 spiro atoms. The predicted octanol–water partition coefficient (Wildman–Crippen LogP) is 1.07. The lowest BCUT2D eigenvalue weighted by molar-refractivity contribution is -0.141. The summed E-state index contributed by atoms with van der Waals surface area (Å²) in [5.74, 6) is -0.803. The van der Waals surface area contributed by atoms with E-state index in [0.29, 0.717) is 6.42 Å². The molecular formula is C9H15NO3. The Morgan fingerprint density at radius 3 is 2.62 bits per heavy atom. The van der Waals surface area contributed by atoms with Crippen LogP contribution < -0.4 is 5.48 Å². The van der Waals surface area contributed by atoms with Gasteiger partial charge in [-0.3, -0.25) is 9.63 Å². The highest BCUT2D eigenvalue weighted by molar-refractivity contribution is 5.73. The average Bonchev–Trinajstić information content (AvgIpc) is 2.51. The van der Waals surface area contributed by atoms with Crippen molar-refractivity contribution in [1.82, 2.24) is 5.48 Å². The Morgan fingerprint density at radius 1 is 1.38 bits per heavy atom. The van der Waals surface area contributed by atoms with Gasteiger partial charge in [-0.2, -0.15) is 5.48 Å².